The second-order valence-electron chi connectivity index (χ2n) is 8.83. The number of fused-ring (bicyclic) bond motifs is 1. The Morgan fingerprint density at radius 3 is 2.52 bits per heavy atom. The van der Waals surface area contributed by atoms with Gasteiger partial charge in [0.1, 0.15) is 5.54 Å². The van der Waals surface area contributed by atoms with Crippen LogP contribution in [0.4, 0.5) is 4.79 Å². The number of piperidine rings is 1. The van der Waals surface area contributed by atoms with Crippen LogP contribution in [0.25, 0.3) is 10.2 Å². The monoisotopic (exact) mass is 462 g/mol. The van der Waals surface area contributed by atoms with Crippen LogP contribution in [-0.2, 0) is 10.3 Å². The minimum absolute atomic E-state index is 0.00891. The number of thiazole rings is 1. The van der Waals surface area contributed by atoms with Gasteiger partial charge in [0.05, 0.1) is 15.2 Å². The number of imide groups is 1. The Morgan fingerprint density at radius 1 is 1.15 bits per heavy atom. The SMILES string of the molecule is CC[C@]1(c2ccc(C(=O)N3CCC(c4nc5cc(C)ccc5s4)CC3)cc2)NC(=O)NC1=O. The van der Waals surface area contributed by atoms with Crippen LogP contribution in [0.2, 0.25) is 0 Å². The smallest absolute Gasteiger partial charge is 0.322 e. The topological polar surface area (TPSA) is 91.4 Å². The summed E-state index contributed by atoms with van der Waals surface area (Å²) in [5.41, 5.74) is 2.46. The van der Waals surface area contributed by atoms with Gasteiger partial charge >= 0.3 is 6.03 Å². The molecule has 0 radical (unpaired) electrons. The first-order chi connectivity index (χ1) is 15.9. The third kappa shape index (κ3) is 3.78. The van der Waals surface area contributed by atoms with Gasteiger partial charge in [0.25, 0.3) is 11.8 Å². The van der Waals surface area contributed by atoms with Gasteiger partial charge in [-0.2, -0.15) is 0 Å². The van der Waals surface area contributed by atoms with E-state index in [9.17, 15) is 14.4 Å². The van der Waals surface area contributed by atoms with Crippen LogP contribution < -0.4 is 10.6 Å². The van der Waals surface area contributed by atoms with Crippen molar-refractivity contribution in [1.82, 2.24) is 20.5 Å². The van der Waals surface area contributed by atoms with Gasteiger partial charge in [0.2, 0.25) is 0 Å². The van der Waals surface area contributed by atoms with Crippen LogP contribution in [0.1, 0.15) is 58.6 Å². The Kier molecular flexibility index (Phi) is 5.40. The summed E-state index contributed by atoms with van der Waals surface area (Å²) in [6.45, 7) is 5.31. The fraction of sp³-hybridized carbons (Fsp3) is 0.360. The molecule has 0 spiro atoms. The van der Waals surface area contributed by atoms with E-state index in [-0.39, 0.29) is 11.8 Å². The lowest BCUT2D eigenvalue weighted by Gasteiger charge is -2.31. The number of aryl methyl sites for hydroxylation is 1. The number of likely N-dealkylation sites (tertiary alicyclic amines) is 1. The summed E-state index contributed by atoms with van der Waals surface area (Å²) < 4.78 is 1.21. The van der Waals surface area contributed by atoms with Gasteiger partial charge in [-0.1, -0.05) is 25.1 Å². The molecule has 7 nitrogen and oxygen atoms in total. The molecule has 33 heavy (non-hydrogen) atoms. The molecule has 2 aliphatic rings. The number of hydrogen-bond acceptors (Lipinski definition) is 5. The van der Waals surface area contributed by atoms with E-state index < -0.39 is 11.6 Å². The van der Waals surface area contributed by atoms with Crippen molar-refractivity contribution >= 4 is 39.4 Å². The van der Waals surface area contributed by atoms with E-state index in [1.807, 2.05) is 11.8 Å². The fourth-order valence-electron chi connectivity index (χ4n) is 4.79. The van der Waals surface area contributed by atoms with Gasteiger partial charge in [0.15, 0.2) is 0 Å². The third-order valence-electron chi connectivity index (χ3n) is 6.79. The maximum Gasteiger partial charge on any atom is 0.322 e. The van der Waals surface area contributed by atoms with Gasteiger partial charge < -0.3 is 10.2 Å². The summed E-state index contributed by atoms with van der Waals surface area (Å²) in [4.78, 5) is 43.8. The number of aromatic nitrogens is 1. The van der Waals surface area contributed by atoms with Crippen LogP contribution in [0.15, 0.2) is 42.5 Å². The fourth-order valence-corrected chi connectivity index (χ4v) is 5.90. The van der Waals surface area contributed by atoms with Crippen LogP contribution in [-0.4, -0.2) is 40.8 Å². The number of carbonyl (C=O) groups is 3. The van der Waals surface area contributed by atoms with Crippen LogP contribution >= 0.6 is 11.3 Å². The van der Waals surface area contributed by atoms with Gasteiger partial charge in [-0.25, -0.2) is 9.78 Å². The molecule has 1 atom stereocenters. The minimum Gasteiger partial charge on any atom is -0.339 e. The first kappa shape index (κ1) is 21.6. The van der Waals surface area contributed by atoms with Crippen molar-refractivity contribution in [3.63, 3.8) is 0 Å². The predicted octanol–water partition coefficient (Wildman–Crippen LogP) is 4.07. The summed E-state index contributed by atoms with van der Waals surface area (Å²) in [7, 11) is 0. The highest BCUT2D eigenvalue weighted by Gasteiger charge is 2.46. The Labute approximate surface area is 196 Å². The van der Waals surface area contributed by atoms with Gasteiger partial charge in [-0.15, -0.1) is 11.3 Å². The minimum atomic E-state index is -1.08. The Morgan fingerprint density at radius 2 is 1.88 bits per heavy atom. The molecule has 0 bridgehead atoms. The lowest BCUT2D eigenvalue weighted by Crippen LogP contribution is -2.43. The number of nitrogens with zero attached hydrogens (tertiary/aromatic N) is 2. The second kappa shape index (κ2) is 8.26. The zero-order valence-electron chi connectivity index (χ0n) is 18.7. The van der Waals surface area contributed by atoms with Crippen molar-refractivity contribution in [2.75, 3.05) is 13.1 Å². The molecule has 2 aromatic carbocycles. The largest absolute Gasteiger partial charge is 0.339 e. The van der Waals surface area contributed by atoms with E-state index in [1.54, 1.807) is 35.6 Å². The number of amides is 4. The molecule has 0 unspecified atom stereocenters. The lowest BCUT2D eigenvalue weighted by atomic mass is 9.87. The molecule has 8 heteroatoms. The van der Waals surface area contributed by atoms with Gasteiger partial charge in [-0.05, 0) is 61.6 Å². The van der Waals surface area contributed by atoms with E-state index in [0.717, 1.165) is 23.4 Å². The molecule has 3 aromatic rings. The maximum absolute atomic E-state index is 13.1. The molecular weight excluding hydrogens is 436 g/mol. The number of hydrogen-bond donors (Lipinski definition) is 2. The zero-order valence-corrected chi connectivity index (χ0v) is 19.5. The van der Waals surface area contributed by atoms with E-state index in [0.29, 0.717) is 36.6 Å². The second-order valence-corrected chi connectivity index (χ2v) is 9.90. The average molecular weight is 463 g/mol. The van der Waals surface area contributed by atoms with E-state index >= 15 is 0 Å². The Hall–Kier alpha value is -3.26. The van der Waals surface area contributed by atoms with Crippen molar-refractivity contribution in [3.8, 4) is 0 Å². The van der Waals surface area contributed by atoms with Crippen LogP contribution in [0.3, 0.4) is 0 Å². The summed E-state index contributed by atoms with van der Waals surface area (Å²) in [5.74, 6) is 0.00886. The maximum atomic E-state index is 13.1. The van der Waals surface area contributed by atoms with Crippen LogP contribution in [0, 0.1) is 6.92 Å². The lowest BCUT2D eigenvalue weighted by molar-refractivity contribution is -0.124. The van der Waals surface area contributed by atoms with Crippen molar-refractivity contribution in [3.05, 3.63) is 64.2 Å². The van der Waals surface area contributed by atoms with E-state index in [4.69, 9.17) is 4.98 Å². The van der Waals surface area contributed by atoms with E-state index in [2.05, 4.69) is 35.8 Å². The molecule has 2 fully saturated rings. The Bertz CT molecular complexity index is 1240. The number of carbonyl (C=O) groups excluding carboxylic acids is 3. The molecule has 0 saturated carbocycles. The molecular formula is C25H26N4O3S. The number of rotatable bonds is 4. The molecule has 1 aromatic heterocycles. The molecule has 5 rings (SSSR count). The van der Waals surface area contributed by atoms with Crippen molar-refractivity contribution < 1.29 is 14.4 Å². The average Bonchev–Trinajstić information content (AvgIpc) is 3.38. The summed E-state index contributed by atoms with van der Waals surface area (Å²) in [6.07, 6.45) is 2.22. The normalized spacial score (nSPS) is 21.3. The number of benzene rings is 2. The highest BCUT2D eigenvalue weighted by molar-refractivity contribution is 7.18. The first-order valence-electron chi connectivity index (χ1n) is 11.3. The molecule has 4 amide bonds. The summed E-state index contributed by atoms with van der Waals surface area (Å²) in [5, 5.41) is 6.20. The molecule has 170 valence electrons. The summed E-state index contributed by atoms with van der Waals surface area (Å²) in [6, 6.07) is 12.9. The first-order valence-corrected chi connectivity index (χ1v) is 12.1. The standard InChI is InChI=1S/C25H26N4O3S/c1-3-25(23(31)27-24(32)28-25)18-7-5-17(6-8-18)22(30)29-12-10-16(11-13-29)21-26-19-14-15(2)4-9-20(19)33-21/h4-9,14,16H,3,10-13H2,1-2H3,(H2,27,28,31,32)/t25-/m1/s1. The van der Waals surface area contributed by atoms with Gasteiger partial charge in [0, 0.05) is 24.6 Å². The summed E-state index contributed by atoms with van der Waals surface area (Å²) >= 11 is 1.76. The molecule has 3 heterocycles. The number of urea groups is 1. The van der Waals surface area contributed by atoms with E-state index in [1.165, 1.54) is 10.3 Å². The molecule has 2 saturated heterocycles. The van der Waals surface area contributed by atoms with Crippen molar-refractivity contribution in [2.45, 2.75) is 44.6 Å². The Balaban J connectivity index is 1.26. The predicted molar refractivity (Wildman–Crippen MR) is 127 cm³/mol. The highest BCUT2D eigenvalue weighted by Crippen LogP contribution is 2.35. The third-order valence-corrected chi connectivity index (χ3v) is 7.99. The molecule has 0 aliphatic carbocycles. The quantitative estimate of drug-likeness (QED) is 0.572. The molecule has 2 aliphatic heterocycles. The highest BCUT2D eigenvalue weighted by atomic mass is 32.1. The van der Waals surface area contributed by atoms with Crippen molar-refractivity contribution in [1.29, 1.82) is 0 Å². The van der Waals surface area contributed by atoms with Gasteiger partial charge in [-0.3, -0.25) is 14.9 Å². The number of nitrogens with one attached hydrogen (secondary N) is 2. The van der Waals surface area contributed by atoms with Crippen molar-refractivity contribution in [2.24, 2.45) is 0 Å². The molecule has 2 N–H and O–H groups in total. The van der Waals surface area contributed by atoms with Crippen LogP contribution in [0.5, 0.6) is 0 Å². The zero-order chi connectivity index (χ0) is 23.2.